The molecule has 0 spiro atoms. The maximum Gasteiger partial charge on any atom is 0.0236 e. The third kappa shape index (κ3) is 1.48. The molecule has 1 heterocycles. The average molecular weight is 119 g/mol. The van der Waals surface area contributed by atoms with Gasteiger partial charge >= 0.3 is 0 Å². The number of piperidine rings is 1. The highest BCUT2D eigenvalue weighted by Crippen LogP contribution is 2.23. The van der Waals surface area contributed by atoms with Crippen LogP contribution in [0.25, 0.3) is 0 Å². The highest BCUT2D eigenvalue weighted by atomic mass is 14.9. The lowest BCUT2D eigenvalue weighted by atomic mass is 9.85. The van der Waals surface area contributed by atoms with E-state index in [0.29, 0.717) is 13.0 Å². The molecule has 0 unspecified atom stereocenters. The van der Waals surface area contributed by atoms with Crippen LogP contribution in [0.1, 0.15) is 34.8 Å². The number of nitrogens with one attached hydrogen (secondary N) is 1. The van der Waals surface area contributed by atoms with Gasteiger partial charge in [0.25, 0.3) is 0 Å². The zero-order valence-corrected chi connectivity index (χ0v) is 4.83. The van der Waals surface area contributed by atoms with Gasteiger partial charge in [0.05, 0.1) is 0 Å². The summed E-state index contributed by atoms with van der Waals surface area (Å²) in [5, 5.41) is 2.87. The fourth-order valence-electron chi connectivity index (χ4n) is 0.905. The van der Waals surface area contributed by atoms with Gasteiger partial charge in [0, 0.05) is 14.8 Å². The van der Waals surface area contributed by atoms with Gasteiger partial charge in [-0.05, 0) is 24.8 Å². The fourth-order valence-corrected chi connectivity index (χ4v) is 0.905. The summed E-state index contributed by atoms with van der Waals surface area (Å²) in [6, 6.07) is 0. The predicted octanol–water partition coefficient (Wildman–Crippen LogP) is 1.40. The van der Waals surface area contributed by atoms with Crippen molar-refractivity contribution < 1.29 is 8.22 Å². The molecule has 1 nitrogen and oxygen atoms in total. The fraction of sp³-hybridized carbons (Fsp3) is 1.00. The molecule has 1 aliphatic heterocycles. The Balaban J connectivity index is 3.01. The van der Waals surface area contributed by atoms with Crippen molar-refractivity contribution in [2.24, 2.45) is 5.41 Å². The normalized spacial score (nSPS) is 42.0. The molecule has 8 heavy (non-hydrogen) atoms. The number of hydrogen-bond donors (Lipinski definition) is 1. The van der Waals surface area contributed by atoms with Crippen molar-refractivity contribution in [3.05, 3.63) is 0 Å². The lowest BCUT2D eigenvalue weighted by molar-refractivity contribution is 0.265. The van der Waals surface area contributed by atoms with Gasteiger partial charge in [-0.3, -0.25) is 0 Å². The third-order valence-electron chi connectivity index (χ3n) is 1.38. The van der Waals surface area contributed by atoms with Crippen molar-refractivity contribution in [3.63, 3.8) is 0 Å². The van der Waals surface area contributed by atoms with E-state index in [0.717, 1.165) is 0 Å². The summed E-state index contributed by atoms with van der Waals surface area (Å²) >= 11 is 0. The molecule has 0 aromatic carbocycles. The zero-order chi connectivity index (χ0) is 11.0. The van der Waals surface area contributed by atoms with Gasteiger partial charge < -0.3 is 5.32 Å². The minimum atomic E-state index is -2.42. The number of rotatable bonds is 0. The van der Waals surface area contributed by atoms with Crippen LogP contribution in [0.5, 0.6) is 0 Å². The molecule has 1 heteroatoms. The van der Waals surface area contributed by atoms with Crippen LogP contribution in [0, 0.1) is 5.41 Å². The maximum absolute atomic E-state index is 7.36. The highest BCUT2D eigenvalue weighted by Gasteiger charge is 2.19. The average Bonchev–Trinajstić information content (AvgIpc) is 2.02. The largest absolute Gasteiger partial charge is 0.316 e. The lowest BCUT2D eigenvalue weighted by Crippen LogP contribution is -2.35. The molecule has 0 aromatic heterocycles. The Hall–Kier alpha value is -0.0400. The maximum atomic E-state index is 7.36. The number of hydrogen-bond acceptors (Lipinski definition) is 1. The lowest BCUT2D eigenvalue weighted by Gasteiger charge is -2.29. The Morgan fingerprint density at radius 1 is 1.62 bits per heavy atom. The van der Waals surface area contributed by atoms with E-state index in [1.807, 2.05) is 0 Å². The first-order valence-electron chi connectivity index (χ1n) is 5.91. The van der Waals surface area contributed by atoms with Crippen molar-refractivity contribution >= 4 is 0 Å². The summed E-state index contributed by atoms with van der Waals surface area (Å²) in [5.41, 5.74) is -1.56. The van der Waals surface area contributed by atoms with Crippen LogP contribution in [0.2, 0.25) is 0 Å². The molecule has 1 aliphatic rings. The van der Waals surface area contributed by atoms with Gasteiger partial charge in [-0.25, -0.2) is 0 Å². The summed E-state index contributed by atoms with van der Waals surface area (Å²) < 4.78 is 44.2. The van der Waals surface area contributed by atoms with Gasteiger partial charge in [-0.2, -0.15) is 0 Å². The quantitative estimate of drug-likeness (QED) is 0.508. The molecule has 0 saturated carbocycles. The topological polar surface area (TPSA) is 12.0 Å². The van der Waals surface area contributed by atoms with Crippen LogP contribution in [0.15, 0.2) is 0 Å². The molecule has 1 saturated heterocycles. The van der Waals surface area contributed by atoms with Crippen molar-refractivity contribution in [1.82, 2.24) is 5.32 Å². The van der Waals surface area contributed by atoms with Crippen molar-refractivity contribution in [2.45, 2.75) is 26.5 Å². The highest BCUT2D eigenvalue weighted by molar-refractivity contribution is 4.75. The molecule has 1 rings (SSSR count). The van der Waals surface area contributed by atoms with Crippen LogP contribution in [-0.2, 0) is 0 Å². The van der Waals surface area contributed by atoms with E-state index in [2.05, 4.69) is 5.32 Å². The van der Waals surface area contributed by atoms with Crippen molar-refractivity contribution in [3.8, 4) is 0 Å². The smallest absolute Gasteiger partial charge is 0.0236 e. The second kappa shape index (κ2) is 2.06. The molecule has 0 atom stereocenters. The van der Waals surface area contributed by atoms with Crippen molar-refractivity contribution in [2.75, 3.05) is 13.1 Å². The second-order valence-electron chi connectivity index (χ2n) is 2.36. The molecule has 48 valence electrons. The first-order chi connectivity index (χ1) is 6.21. The molecule has 0 amide bonds. The standard InChI is InChI=1S/C7H15N/c1-7(2)4-3-5-8-6-7/h8H,3-6H2,1-2H3/i1D3,2D3. The Morgan fingerprint density at radius 3 is 2.88 bits per heavy atom. The Labute approximate surface area is 59.9 Å². The van der Waals surface area contributed by atoms with Gasteiger partial charge in [0.2, 0.25) is 0 Å². The van der Waals surface area contributed by atoms with Gasteiger partial charge in [0.1, 0.15) is 0 Å². The van der Waals surface area contributed by atoms with Crippen LogP contribution in [0.3, 0.4) is 0 Å². The van der Waals surface area contributed by atoms with Crippen LogP contribution < -0.4 is 5.32 Å². The summed E-state index contributed by atoms with van der Waals surface area (Å²) in [6.45, 7) is -4.09. The van der Waals surface area contributed by atoms with Crippen LogP contribution >= 0.6 is 0 Å². The second-order valence-corrected chi connectivity index (χ2v) is 2.36. The first-order valence-corrected chi connectivity index (χ1v) is 2.91. The van der Waals surface area contributed by atoms with E-state index >= 15 is 0 Å². The summed E-state index contributed by atoms with van der Waals surface area (Å²) in [7, 11) is 0. The Morgan fingerprint density at radius 2 is 2.50 bits per heavy atom. The SMILES string of the molecule is [2H]C([2H])([2H])C1(C([2H])([2H])[2H])CCCNC1. The molecule has 1 fully saturated rings. The van der Waals surface area contributed by atoms with Gasteiger partial charge in [0.15, 0.2) is 0 Å². The van der Waals surface area contributed by atoms with Crippen LogP contribution in [-0.4, -0.2) is 13.1 Å². The van der Waals surface area contributed by atoms with Gasteiger partial charge in [-0.1, -0.05) is 13.7 Å². The predicted molar refractivity (Wildman–Crippen MR) is 35.9 cm³/mol. The minimum Gasteiger partial charge on any atom is -0.316 e. The Kier molecular flexibility index (Phi) is 0.509. The van der Waals surface area contributed by atoms with Crippen molar-refractivity contribution in [1.29, 1.82) is 0 Å². The molecule has 1 N–H and O–H groups in total. The molecule has 0 radical (unpaired) electrons. The van der Waals surface area contributed by atoms with E-state index in [9.17, 15) is 0 Å². The zero-order valence-electron chi connectivity index (χ0n) is 10.8. The minimum absolute atomic E-state index is 0.0556. The van der Waals surface area contributed by atoms with E-state index in [1.54, 1.807) is 0 Å². The molecule has 0 aliphatic carbocycles. The molecular weight excluding hydrogens is 98.1 g/mol. The van der Waals surface area contributed by atoms with E-state index in [1.165, 1.54) is 0 Å². The molecule has 0 bridgehead atoms. The molecule has 0 aromatic rings. The summed E-state index contributed by atoms with van der Waals surface area (Å²) in [6.07, 6.45) is 0.851. The summed E-state index contributed by atoms with van der Waals surface area (Å²) in [4.78, 5) is 0. The summed E-state index contributed by atoms with van der Waals surface area (Å²) in [5.74, 6) is 0. The van der Waals surface area contributed by atoms with Gasteiger partial charge in [-0.15, -0.1) is 0 Å². The first kappa shape index (κ1) is 1.98. The van der Waals surface area contributed by atoms with Crippen LogP contribution in [0.4, 0.5) is 0 Å². The molecular formula is C7H15N. The van der Waals surface area contributed by atoms with E-state index in [4.69, 9.17) is 8.22 Å². The van der Waals surface area contributed by atoms with E-state index < -0.39 is 19.1 Å². The Bertz CT molecular complexity index is 183. The third-order valence-corrected chi connectivity index (χ3v) is 1.38. The van der Waals surface area contributed by atoms with E-state index in [-0.39, 0.29) is 13.0 Å². The monoisotopic (exact) mass is 119 g/mol.